The van der Waals surface area contributed by atoms with Crippen molar-refractivity contribution in [1.29, 1.82) is 0 Å². The van der Waals surface area contributed by atoms with Crippen LogP contribution in [-0.4, -0.2) is 45.3 Å². The van der Waals surface area contributed by atoms with Crippen LogP contribution in [0.5, 0.6) is 0 Å². The summed E-state index contributed by atoms with van der Waals surface area (Å²) in [6.07, 6.45) is 8.01. The Balaban J connectivity index is 1.51. The highest BCUT2D eigenvalue weighted by Gasteiger charge is 2.30. The van der Waals surface area contributed by atoms with Gasteiger partial charge in [0.05, 0.1) is 11.0 Å². The summed E-state index contributed by atoms with van der Waals surface area (Å²) >= 11 is 0. The maximum atomic E-state index is 12.4. The minimum Gasteiger partial charge on any atom is -0.444 e. The number of imidazole rings is 1. The number of benzene rings is 1. The first kappa shape index (κ1) is 20.0. The molecular formula is C23H34N4O2. The van der Waals surface area contributed by atoms with Gasteiger partial charge in [-0.2, -0.15) is 0 Å². The van der Waals surface area contributed by atoms with Gasteiger partial charge >= 0.3 is 6.09 Å². The SMILES string of the molecule is CC(C)(C)OC(=O)N1CCC(n2c(NC3CCCCC3)nc3ccccc32)CC1. The summed E-state index contributed by atoms with van der Waals surface area (Å²) in [5.41, 5.74) is 1.77. The Morgan fingerprint density at radius 2 is 1.76 bits per heavy atom. The maximum Gasteiger partial charge on any atom is 0.410 e. The number of hydrogen-bond acceptors (Lipinski definition) is 4. The lowest BCUT2D eigenvalue weighted by atomic mass is 9.96. The largest absolute Gasteiger partial charge is 0.444 e. The van der Waals surface area contributed by atoms with Gasteiger partial charge in [-0.05, 0) is 58.6 Å². The van der Waals surface area contributed by atoms with Gasteiger partial charge in [0.15, 0.2) is 0 Å². The van der Waals surface area contributed by atoms with Crippen molar-refractivity contribution in [2.45, 2.75) is 83.4 Å². The van der Waals surface area contributed by atoms with E-state index in [4.69, 9.17) is 9.72 Å². The fraction of sp³-hybridized carbons (Fsp3) is 0.652. The molecule has 4 rings (SSSR count). The van der Waals surface area contributed by atoms with Gasteiger partial charge in [-0.25, -0.2) is 9.78 Å². The Hall–Kier alpha value is -2.24. The first-order valence-electron chi connectivity index (χ1n) is 11.1. The molecule has 0 bridgehead atoms. The molecule has 1 aromatic heterocycles. The van der Waals surface area contributed by atoms with Gasteiger partial charge < -0.3 is 19.5 Å². The number of amides is 1. The molecule has 1 aliphatic carbocycles. The van der Waals surface area contributed by atoms with Gasteiger partial charge in [0.2, 0.25) is 5.95 Å². The Morgan fingerprint density at radius 1 is 1.07 bits per heavy atom. The fourth-order valence-electron chi connectivity index (χ4n) is 4.58. The predicted molar refractivity (Wildman–Crippen MR) is 116 cm³/mol. The molecule has 1 aliphatic heterocycles. The van der Waals surface area contributed by atoms with Gasteiger partial charge in [0.1, 0.15) is 5.60 Å². The van der Waals surface area contributed by atoms with Crippen LogP contribution in [0.2, 0.25) is 0 Å². The summed E-state index contributed by atoms with van der Waals surface area (Å²) in [5, 5.41) is 3.75. The number of nitrogens with one attached hydrogen (secondary N) is 1. The summed E-state index contributed by atoms with van der Waals surface area (Å²) in [4.78, 5) is 19.2. The normalized spacial score (nSPS) is 19.5. The minimum atomic E-state index is -0.453. The molecule has 6 nitrogen and oxygen atoms in total. The molecule has 29 heavy (non-hydrogen) atoms. The maximum absolute atomic E-state index is 12.4. The van der Waals surface area contributed by atoms with E-state index in [1.54, 1.807) is 0 Å². The molecule has 2 aliphatic rings. The lowest BCUT2D eigenvalue weighted by Crippen LogP contribution is -2.42. The summed E-state index contributed by atoms with van der Waals surface area (Å²) < 4.78 is 7.94. The van der Waals surface area contributed by atoms with E-state index in [1.165, 1.54) is 37.6 Å². The van der Waals surface area contributed by atoms with Crippen LogP contribution in [0.3, 0.4) is 0 Å². The number of ether oxygens (including phenoxy) is 1. The number of carbonyl (C=O) groups is 1. The van der Waals surface area contributed by atoms with Crippen LogP contribution in [0.15, 0.2) is 24.3 Å². The van der Waals surface area contributed by atoms with Crippen LogP contribution in [0.4, 0.5) is 10.7 Å². The molecule has 1 amide bonds. The number of nitrogens with zero attached hydrogens (tertiary/aromatic N) is 3. The molecule has 158 valence electrons. The number of para-hydroxylation sites is 2. The van der Waals surface area contributed by atoms with Crippen molar-refractivity contribution in [2.75, 3.05) is 18.4 Å². The highest BCUT2D eigenvalue weighted by atomic mass is 16.6. The molecule has 0 spiro atoms. The molecule has 0 atom stereocenters. The molecule has 1 saturated heterocycles. The first-order chi connectivity index (χ1) is 13.9. The standard InChI is InChI=1S/C23H34N4O2/c1-23(2,3)29-22(28)26-15-13-18(14-16-26)27-20-12-8-7-11-19(20)25-21(27)24-17-9-5-4-6-10-17/h7-8,11-12,17-18H,4-6,9-10,13-16H2,1-3H3,(H,24,25). The third-order valence-electron chi connectivity index (χ3n) is 6.02. The van der Waals surface area contributed by atoms with Crippen molar-refractivity contribution in [3.05, 3.63) is 24.3 Å². The van der Waals surface area contributed by atoms with Gasteiger partial charge in [0.25, 0.3) is 0 Å². The van der Waals surface area contributed by atoms with Gasteiger partial charge in [0, 0.05) is 25.2 Å². The average Bonchev–Trinajstić information content (AvgIpc) is 3.05. The lowest BCUT2D eigenvalue weighted by molar-refractivity contribution is 0.0190. The second-order valence-corrected chi connectivity index (χ2v) is 9.47. The molecule has 1 aromatic carbocycles. The number of carbonyl (C=O) groups excluding carboxylic acids is 1. The first-order valence-corrected chi connectivity index (χ1v) is 11.1. The molecule has 2 aromatic rings. The van der Waals surface area contributed by atoms with Crippen LogP contribution in [0, 0.1) is 0 Å². The Kier molecular flexibility index (Phi) is 5.70. The molecule has 2 heterocycles. The van der Waals surface area contributed by atoms with Crippen LogP contribution in [-0.2, 0) is 4.74 Å². The van der Waals surface area contributed by atoms with E-state index in [1.807, 2.05) is 25.7 Å². The number of likely N-dealkylation sites (tertiary alicyclic amines) is 1. The lowest BCUT2D eigenvalue weighted by Gasteiger charge is -2.35. The summed E-state index contributed by atoms with van der Waals surface area (Å²) in [6.45, 7) is 7.18. The topological polar surface area (TPSA) is 59.4 Å². The number of anilines is 1. The molecular weight excluding hydrogens is 364 g/mol. The van der Waals surface area contributed by atoms with E-state index < -0.39 is 5.60 Å². The quantitative estimate of drug-likeness (QED) is 0.757. The summed E-state index contributed by atoms with van der Waals surface area (Å²) in [5.74, 6) is 0.994. The van der Waals surface area contributed by atoms with Crippen molar-refractivity contribution in [3.63, 3.8) is 0 Å². The molecule has 6 heteroatoms. The highest BCUT2D eigenvalue weighted by molar-refractivity contribution is 5.79. The van der Waals surface area contributed by atoms with Crippen LogP contribution in [0.25, 0.3) is 11.0 Å². The molecule has 1 saturated carbocycles. The van der Waals surface area contributed by atoms with Gasteiger partial charge in [-0.3, -0.25) is 0 Å². The monoisotopic (exact) mass is 398 g/mol. The van der Waals surface area contributed by atoms with E-state index >= 15 is 0 Å². The third kappa shape index (κ3) is 4.68. The molecule has 0 radical (unpaired) electrons. The zero-order valence-electron chi connectivity index (χ0n) is 18.0. The van der Waals surface area contributed by atoms with Gasteiger partial charge in [-0.1, -0.05) is 31.4 Å². The second kappa shape index (κ2) is 8.25. The van der Waals surface area contributed by atoms with E-state index in [0.717, 1.165) is 37.4 Å². The molecule has 2 fully saturated rings. The highest BCUT2D eigenvalue weighted by Crippen LogP contribution is 2.33. The van der Waals surface area contributed by atoms with E-state index in [0.29, 0.717) is 12.1 Å². The third-order valence-corrected chi connectivity index (χ3v) is 6.02. The van der Waals surface area contributed by atoms with Crippen LogP contribution >= 0.6 is 0 Å². The predicted octanol–water partition coefficient (Wildman–Crippen LogP) is 5.35. The number of aromatic nitrogens is 2. The van der Waals surface area contributed by atoms with Gasteiger partial charge in [-0.15, -0.1) is 0 Å². The Morgan fingerprint density at radius 3 is 2.45 bits per heavy atom. The van der Waals surface area contributed by atoms with Crippen LogP contribution in [0.1, 0.15) is 71.8 Å². The number of rotatable bonds is 3. The summed E-state index contributed by atoms with van der Waals surface area (Å²) in [7, 11) is 0. The number of fused-ring (bicyclic) bond motifs is 1. The zero-order chi connectivity index (χ0) is 20.4. The number of hydrogen-bond donors (Lipinski definition) is 1. The van der Waals surface area contributed by atoms with Crippen molar-refractivity contribution in [1.82, 2.24) is 14.5 Å². The minimum absolute atomic E-state index is 0.202. The Labute approximate surface area is 173 Å². The Bertz CT molecular complexity index is 840. The molecule has 1 N–H and O–H groups in total. The summed E-state index contributed by atoms with van der Waals surface area (Å²) in [6, 6.07) is 9.24. The second-order valence-electron chi connectivity index (χ2n) is 9.47. The van der Waals surface area contributed by atoms with Crippen molar-refractivity contribution in [3.8, 4) is 0 Å². The zero-order valence-corrected chi connectivity index (χ0v) is 18.0. The van der Waals surface area contributed by atoms with Crippen molar-refractivity contribution >= 4 is 23.1 Å². The average molecular weight is 399 g/mol. The van der Waals surface area contributed by atoms with Crippen molar-refractivity contribution in [2.24, 2.45) is 0 Å². The van der Waals surface area contributed by atoms with E-state index in [-0.39, 0.29) is 6.09 Å². The van der Waals surface area contributed by atoms with Crippen LogP contribution < -0.4 is 5.32 Å². The van der Waals surface area contributed by atoms with Crippen molar-refractivity contribution < 1.29 is 9.53 Å². The molecule has 0 unspecified atom stereocenters. The van der Waals surface area contributed by atoms with E-state index in [2.05, 4.69) is 34.1 Å². The smallest absolute Gasteiger partial charge is 0.410 e. The van der Waals surface area contributed by atoms with E-state index in [9.17, 15) is 4.79 Å². The fourth-order valence-corrected chi connectivity index (χ4v) is 4.58. The number of piperidine rings is 1.